The fourth-order valence-electron chi connectivity index (χ4n) is 6.90. The summed E-state index contributed by atoms with van der Waals surface area (Å²) in [6.07, 6.45) is 0. The van der Waals surface area contributed by atoms with Gasteiger partial charge in [0, 0.05) is 21.8 Å². The molecular weight excluding hydrogens is 545 g/mol. The molecule has 9 rings (SSSR count). The maximum absolute atomic E-state index is 9.51. The Kier molecular flexibility index (Phi) is 4.86. The molecule has 0 saturated carbocycles. The van der Waals surface area contributed by atoms with E-state index in [9.17, 15) is 5.26 Å². The Balaban J connectivity index is 1.23. The summed E-state index contributed by atoms with van der Waals surface area (Å²) >= 11 is 1.70. The summed E-state index contributed by atoms with van der Waals surface area (Å²) in [5.74, 6) is 0. The fraction of sp³-hybridized carbons (Fsp3) is 0.0789. The third-order valence-corrected chi connectivity index (χ3v) is 10.1. The molecule has 1 aliphatic carbocycles. The lowest BCUT2D eigenvalue weighted by Crippen LogP contribution is -2.15. The molecule has 0 radical (unpaired) electrons. The van der Waals surface area contributed by atoms with Crippen LogP contribution < -0.4 is 0 Å². The quantitative estimate of drug-likeness (QED) is 0.209. The van der Waals surface area contributed by atoms with Gasteiger partial charge in [-0.15, -0.1) is 0 Å². The minimum atomic E-state index is -0.190. The summed E-state index contributed by atoms with van der Waals surface area (Å²) in [4.78, 5) is 11.3. The lowest BCUT2D eigenvalue weighted by atomic mass is 9.81. The molecule has 8 aromatic rings. The molecule has 0 unspecified atom stereocenters. The highest BCUT2D eigenvalue weighted by atomic mass is 32.1. The third-order valence-electron chi connectivity index (χ3n) is 9.06. The summed E-state index contributed by atoms with van der Waals surface area (Å²) in [6, 6.07) is 40.8. The second kappa shape index (κ2) is 8.61. The largest absolute Gasteiger partial charge is 0.267 e. The van der Waals surface area contributed by atoms with Gasteiger partial charge < -0.3 is 0 Å². The van der Waals surface area contributed by atoms with Crippen LogP contribution in [-0.2, 0) is 5.41 Å². The molecule has 43 heavy (non-hydrogen) atoms. The average molecular weight is 569 g/mol. The number of fused-ring (bicyclic) bond motifs is 10. The van der Waals surface area contributed by atoms with Crippen molar-refractivity contribution in [2.75, 3.05) is 0 Å². The van der Waals surface area contributed by atoms with Gasteiger partial charge in [-0.2, -0.15) is 5.26 Å². The van der Waals surface area contributed by atoms with Gasteiger partial charge in [0.15, 0.2) is 10.6 Å². The van der Waals surface area contributed by atoms with Crippen LogP contribution >= 0.6 is 11.3 Å². The van der Waals surface area contributed by atoms with Gasteiger partial charge in [0.05, 0.1) is 27.5 Å². The zero-order valence-corrected chi connectivity index (χ0v) is 24.4. The number of nitrogens with zero attached hydrogens (tertiary/aromatic N) is 4. The zero-order valence-electron chi connectivity index (χ0n) is 23.6. The van der Waals surface area contributed by atoms with Crippen molar-refractivity contribution in [1.82, 2.24) is 14.4 Å². The van der Waals surface area contributed by atoms with E-state index in [1.165, 1.54) is 32.5 Å². The molecule has 0 spiro atoms. The van der Waals surface area contributed by atoms with E-state index < -0.39 is 0 Å². The fourth-order valence-corrected chi connectivity index (χ4v) is 7.92. The van der Waals surface area contributed by atoms with Gasteiger partial charge in [0.2, 0.25) is 0 Å². The molecule has 0 bridgehead atoms. The Morgan fingerprint density at radius 3 is 2.28 bits per heavy atom. The Morgan fingerprint density at radius 1 is 0.698 bits per heavy atom. The third kappa shape index (κ3) is 3.36. The van der Waals surface area contributed by atoms with E-state index in [0.717, 1.165) is 49.2 Å². The number of hydrogen-bond donors (Lipinski definition) is 0. The molecule has 1 aliphatic rings. The van der Waals surface area contributed by atoms with Crippen LogP contribution in [0.15, 0.2) is 109 Å². The standard InChI is InChI=1S/C38H24N4S/c1-38(2)30-18-22(21-39)14-16-26(30)27-17-15-24(20-31(27)38)23-8-7-9-25(19-23)34-28-10-3-4-11-29(28)35-36(40-34)42-32-12-5-6-13-33(32)43-37(42)41-35/h3-20H,1-2H3. The van der Waals surface area contributed by atoms with Crippen molar-refractivity contribution in [3.63, 3.8) is 0 Å². The molecule has 5 heteroatoms. The average Bonchev–Trinajstić information content (AvgIpc) is 3.67. The highest BCUT2D eigenvalue weighted by molar-refractivity contribution is 7.23. The van der Waals surface area contributed by atoms with E-state index >= 15 is 0 Å². The van der Waals surface area contributed by atoms with Crippen LogP contribution in [0, 0.1) is 11.3 Å². The van der Waals surface area contributed by atoms with E-state index in [-0.39, 0.29) is 5.41 Å². The number of pyridine rings is 1. The molecular formula is C38H24N4S. The van der Waals surface area contributed by atoms with Crippen LogP contribution in [0.2, 0.25) is 0 Å². The molecule has 0 saturated heterocycles. The monoisotopic (exact) mass is 568 g/mol. The van der Waals surface area contributed by atoms with Crippen LogP contribution in [0.3, 0.4) is 0 Å². The van der Waals surface area contributed by atoms with Crippen LogP contribution in [0.5, 0.6) is 0 Å². The molecule has 0 N–H and O–H groups in total. The van der Waals surface area contributed by atoms with Gasteiger partial charge in [-0.05, 0) is 69.8 Å². The number of thiazole rings is 1. The number of imidazole rings is 1. The van der Waals surface area contributed by atoms with Crippen molar-refractivity contribution < 1.29 is 0 Å². The summed E-state index contributed by atoms with van der Waals surface area (Å²) in [6.45, 7) is 4.51. The summed E-state index contributed by atoms with van der Waals surface area (Å²) in [7, 11) is 0. The van der Waals surface area contributed by atoms with Gasteiger partial charge in [-0.3, -0.25) is 4.40 Å². The SMILES string of the molecule is CC1(C)c2cc(C#N)ccc2-c2ccc(-c3cccc(-c4nc5c(nc6sc7ccccc7n65)c5ccccc45)c3)cc21. The minimum Gasteiger partial charge on any atom is -0.267 e. The van der Waals surface area contributed by atoms with Crippen molar-refractivity contribution in [3.05, 3.63) is 126 Å². The first-order valence-electron chi connectivity index (χ1n) is 14.4. The Labute approximate surface area is 252 Å². The topological polar surface area (TPSA) is 54.0 Å². The Morgan fingerprint density at radius 2 is 1.42 bits per heavy atom. The first-order chi connectivity index (χ1) is 21.0. The second-order valence-corrected chi connectivity index (χ2v) is 12.8. The van der Waals surface area contributed by atoms with Gasteiger partial charge in [-0.1, -0.05) is 98.0 Å². The van der Waals surface area contributed by atoms with Crippen molar-refractivity contribution in [2.45, 2.75) is 19.3 Å². The minimum absolute atomic E-state index is 0.190. The second-order valence-electron chi connectivity index (χ2n) is 11.8. The summed E-state index contributed by atoms with van der Waals surface area (Å²) < 4.78 is 3.41. The van der Waals surface area contributed by atoms with Gasteiger partial charge in [-0.25, -0.2) is 9.97 Å². The van der Waals surface area contributed by atoms with E-state index in [0.29, 0.717) is 5.56 Å². The highest BCUT2D eigenvalue weighted by Gasteiger charge is 2.35. The van der Waals surface area contributed by atoms with E-state index in [2.05, 4.69) is 121 Å². The predicted octanol–water partition coefficient (Wildman–Crippen LogP) is 9.76. The Bertz CT molecular complexity index is 2510. The van der Waals surface area contributed by atoms with E-state index in [1.54, 1.807) is 11.3 Å². The number of para-hydroxylation sites is 1. The number of rotatable bonds is 2. The molecule has 202 valence electrons. The first-order valence-corrected chi connectivity index (χ1v) is 15.2. The Hall–Kier alpha value is -5.31. The number of nitriles is 1. The van der Waals surface area contributed by atoms with E-state index in [1.807, 2.05) is 12.1 Å². The summed E-state index contributed by atoms with van der Waals surface area (Å²) in [5, 5.41) is 11.7. The molecule has 0 amide bonds. The molecule has 0 fully saturated rings. The zero-order chi connectivity index (χ0) is 28.9. The van der Waals surface area contributed by atoms with Crippen molar-refractivity contribution in [3.8, 4) is 39.6 Å². The highest BCUT2D eigenvalue weighted by Crippen LogP contribution is 2.50. The molecule has 0 aliphatic heterocycles. The van der Waals surface area contributed by atoms with Crippen molar-refractivity contribution in [1.29, 1.82) is 5.26 Å². The van der Waals surface area contributed by atoms with Crippen LogP contribution in [-0.4, -0.2) is 14.4 Å². The van der Waals surface area contributed by atoms with Crippen molar-refractivity contribution in [2.24, 2.45) is 0 Å². The van der Waals surface area contributed by atoms with Crippen LogP contribution in [0.4, 0.5) is 0 Å². The predicted molar refractivity (Wildman–Crippen MR) is 177 cm³/mol. The smallest absolute Gasteiger partial charge is 0.197 e. The van der Waals surface area contributed by atoms with Crippen LogP contribution in [0.1, 0.15) is 30.5 Å². The number of hydrogen-bond acceptors (Lipinski definition) is 4. The summed E-state index contributed by atoms with van der Waals surface area (Å²) in [5.41, 5.74) is 12.8. The molecule has 3 heterocycles. The number of aromatic nitrogens is 3. The van der Waals surface area contributed by atoms with E-state index in [4.69, 9.17) is 9.97 Å². The first kappa shape index (κ1) is 24.3. The van der Waals surface area contributed by atoms with Gasteiger partial charge in [0.1, 0.15) is 5.52 Å². The van der Waals surface area contributed by atoms with Gasteiger partial charge in [0.25, 0.3) is 0 Å². The maximum atomic E-state index is 9.51. The lowest BCUT2D eigenvalue weighted by molar-refractivity contribution is 0.660. The maximum Gasteiger partial charge on any atom is 0.197 e. The molecule has 4 nitrogen and oxygen atoms in total. The van der Waals surface area contributed by atoms with Gasteiger partial charge >= 0.3 is 0 Å². The van der Waals surface area contributed by atoms with Crippen molar-refractivity contribution >= 4 is 48.5 Å². The normalized spacial score (nSPS) is 13.5. The lowest BCUT2D eigenvalue weighted by Gasteiger charge is -2.22. The molecule has 3 aromatic heterocycles. The molecule has 0 atom stereocenters. The number of benzene rings is 5. The molecule has 5 aromatic carbocycles. The van der Waals surface area contributed by atoms with Crippen LogP contribution in [0.25, 0.3) is 70.6 Å².